The van der Waals surface area contributed by atoms with Crippen LogP contribution in [0.25, 0.3) is 0 Å². The van der Waals surface area contributed by atoms with Gasteiger partial charge in [0.1, 0.15) is 5.82 Å². The standard InChI is InChI=1S/C21H21N5O3/c27-20(24-15-16-4-1-7-22-14-16)17-5-2-8-23-19(17)25-9-11-26(12-10-25)21(28)18-6-3-13-29-18/h1-8,13-14H,9-12,15H2,(H,24,27). The maximum absolute atomic E-state index is 12.7. The Hall–Kier alpha value is -3.68. The lowest BCUT2D eigenvalue weighted by Gasteiger charge is -2.35. The molecule has 8 nitrogen and oxygen atoms in total. The molecule has 1 aliphatic heterocycles. The summed E-state index contributed by atoms with van der Waals surface area (Å²) in [5.41, 5.74) is 1.44. The molecule has 148 valence electrons. The molecule has 0 spiro atoms. The Morgan fingerprint density at radius 3 is 2.59 bits per heavy atom. The lowest BCUT2D eigenvalue weighted by molar-refractivity contribution is 0.0713. The molecule has 4 rings (SSSR count). The average molecular weight is 391 g/mol. The summed E-state index contributed by atoms with van der Waals surface area (Å²) < 4.78 is 5.20. The molecule has 29 heavy (non-hydrogen) atoms. The van der Waals surface area contributed by atoms with Crippen LogP contribution in [0.15, 0.2) is 65.7 Å². The smallest absolute Gasteiger partial charge is 0.289 e. The first-order valence-electron chi connectivity index (χ1n) is 9.42. The van der Waals surface area contributed by atoms with E-state index in [0.717, 1.165) is 5.56 Å². The minimum absolute atomic E-state index is 0.120. The van der Waals surface area contributed by atoms with Gasteiger partial charge in [0.05, 0.1) is 11.8 Å². The lowest BCUT2D eigenvalue weighted by atomic mass is 10.2. The zero-order valence-corrected chi connectivity index (χ0v) is 15.8. The molecule has 0 unspecified atom stereocenters. The number of hydrogen-bond acceptors (Lipinski definition) is 6. The zero-order chi connectivity index (χ0) is 20.1. The monoisotopic (exact) mass is 391 g/mol. The molecular formula is C21H21N5O3. The number of rotatable bonds is 5. The number of nitrogens with zero attached hydrogens (tertiary/aromatic N) is 4. The number of aromatic nitrogens is 2. The fourth-order valence-corrected chi connectivity index (χ4v) is 3.28. The van der Waals surface area contributed by atoms with Crippen molar-refractivity contribution in [3.8, 4) is 0 Å². The molecule has 0 aliphatic carbocycles. The van der Waals surface area contributed by atoms with Gasteiger partial charge < -0.3 is 19.5 Å². The highest BCUT2D eigenvalue weighted by Gasteiger charge is 2.26. The highest BCUT2D eigenvalue weighted by Crippen LogP contribution is 2.20. The van der Waals surface area contributed by atoms with Crippen LogP contribution in [0.1, 0.15) is 26.5 Å². The van der Waals surface area contributed by atoms with Crippen LogP contribution in [0.5, 0.6) is 0 Å². The molecule has 1 N–H and O–H groups in total. The first-order chi connectivity index (χ1) is 14.2. The van der Waals surface area contributed by atoms with Crippen LogP contribution in [-0.2, 0) is 6.54 Å². The number of anilines is 1. The molecule has 1 saturated heterocycles. The summed E-state index contributed by atoms with van der Waals surface area (Å²) >= 11 is 0. The van der Waals surface area contributed by atoms with Crippen LogP contribution >= 0.6 is 0 Å². The van der Waals surface area contributed by atoms with E-state index < -0.39 is 0 Å². The van der Waals surface area contributed by atoms with E-state index in [-0.39, 0.29) is 11.8 Å². The quantitative estimate of drug-likeness (QED) is 0.715. The number of carbonyl (C=O) groups excluding carboxylic acids is 2. The maximum Gasteiger partial charge on any atom is 0.289 e. The fraction of sp³-hybridized carbons (Fsp3) is 0.238. The van der Waals surface area contributed by atoms with Gasteiger partial charge in [-0.05, 0) is 35.9 Å². The van der Waals surface area contributed by atoms with Gasteiger partial charge in [0.15, 0.2) is 5.76 Å². The molecule has 3 aromatic rings. The third kappa shape index (κ3) is 4.26. The topological polar surface area (TPSA) is 91.6 Å². The predicted octanol–water partition coefficient (Wildman–Crippen LogP) is 1.96. The number of furan rings is 1. The lowest BCUT2D eigenvalue weighted by Crippen LogP contribution is -2.49. The second-order valence-electron chi connectivity index (χ2n) is 6.68. The first kappa shape index (κ1) is 18.7. The van der Waals surface area contributed by atoms with E-state index in [4.69, 9.17) is 4.42 Å². The summed E-state index contributed by atoms with van der Waals surface area (Å²) in [5, 5.41) is 2.92. The third-order valence-electron chi connectivity index (χ3n) is 4.81. The molecule has 0 aromatic carbocycles. The van der Waals surface area contributed by atoms with Gasteiger partial charge in [-0.25, -0.2) is 4.98 Å². The fourth-order valence-electron chi connectivity index (χ4n) is 3.28. The summed E-state index contributed by atoms with van der Waals surface area (Å²) in [6, 6.07) is 10.6. The summed E-state index contributed by atoms with van der Waals surface area (Å²) in [5.74, 6) is 0.657. The predicted molar refractivity (Wildman–Crippen MR) is 106 cm³/mol. The Bertz CT molecular complexity index is 967. The van der Waals surface area contributed by atoms with Crippen molar-refractivity contribution in [2.24, 2.45) is 0 Å². The van der Waals surface area contributed by atoms with Crippen molar-refractivity contribution in [2.75, 3.05) is 31.1 Å². The molecular weight excluding hydrogens is 370 g/mol. The van der Waals surface area contributed by atoms with Crippen LogP contribution < -0.4 is 10.2 Å². The van der Waals surface area contributed by atoms with Gasteiger partial charge in [0.25, 0.3) is 11.8 Å². The van der Waals surface area contributed by atoms with Crippen LogP contribution in [0.2, 0.25) is 0 Å². The zero-order valence-electron chi connectivity index (χ0n) is 15.8. The molecule has 0 radical (unpaired) electrons. The van der Waals surface area contributed by atoms with Gasteiger partial charge >= 0.3 is 0 Å². The highest BCUT2D eigenvalue weighted by molar-refractivity contribution is 5.99. The number of pyridine rings is 2. The largest absolute Gasteiger partial charge is 0.459 e. The van der Waals surface area contributed by atoms with E-state index in [1.165, 1.54) is 6.26 Å². The van der Waals surface area contributed by atoms with Gasteiger partial charge in [-0.3, -0.25) is 14.6 Å². The van der Waals surface area contributed by atoms with Crippen molar-refractivity contribution in [3.63, 3.8) is 0 Å². The number of piperazine rings is 1. The minimum atomic E-state index is -0.189. The van der Waals surface area contributed by atoms with Crippen LogP contribution in [0, 0.1) is 0 Å². The summed E-state index contributed by atoms with van der Waals surface area (Å²) in [7, 11) is 0. The summed E-state index contributed by atoms with van der Waals surface area (Å²) in [6.07, 6.45) is 6.59. The molecule has 1 aliphatic rings. The van der Waals surface area contributed by atoms with Crippen LogP contribution in [-0.4, -0.2) is 52.9 Å². The molecule has 1 fully saturated rings. The van der Waals surface area contributed by atoms with Gasteiger partial charge in [-0.1, -0.05) is 6.07 Å². The van der Waals surface area contributed by atoms with Gasteiger partial charge in [0.2, 0.25) is 0 Å². The molecule has 4 heterocycles. The SMILES string of the molecule is O=C(NCc1cccnc1)c1cccnc1N1CCN(C(=O)c2ccco2)CC1. The van der Waals surface area contributed by atoms with E-state index >= 15 is 0 Å². The van der Waals surface area contributed by atoms with E-state index in [0.29, 0.717) is 49.9 Å². The Balaban J connectivity index is 1.41. The van der Waals surface area contributed by atoms with Gasteiger partial charge in [-0.2, -0.15) is 0 Å². The van der Waals surface area contributed by atoms with E-state index in [2.05, 4.69) is 15.3 Å². The second-order valence-corrected chi connectivity index (χ2v) is 6.68. The Morgan fingerprint density at radius 1 is 1.03 bits per heavy atom. The maximum atomic E-state index is 12.7. The van der Waals surface area contributed by atoms with Crippen molar-refractivity contribution in [2.45, 2.75) is 6.54 Å². The van der Waals surface area contributed by atoms with Crippen molar-refractivity contribution in [3.05, 3.63) is 78.1 Å². The van der Waals surface area contributed by atoms with Crippen molar-refractivity contribution in [1.82, 2.24) is 20.2 Å². The highest BCUT2D eigenvalue weighted by atomic mass is 16.3. The summed E-state index contributed by atoms with van der Waals surface area (Å²) in [4.78, 5) is 37.4. The Labute approximate surface area is 168 Å². The Kier molecular flexibility index (Phi) is 5.51. The Morgan fingerprint density at radius 2 is 1.86 bits per heavy atom. The van der Waals surface area contributed by atoms with Crippen LogP contribution in [0.3, 0.4) is 0 Å². The average Bonchev–Trinajstić information content (AvgIpc) is 3.33. The van der Waals surface area contributed by atoms with E-state index in [9.17, 15) is 9.59 Å². The molecule has 8 heteroatoms. The molecule has 2 amide bonds. The second kappa shape index (κ2) is 8.55. The number of carbonyl (C=O) groups is 2. The third-order valence-corrected chi connectivity index (χ3v) is 4.81. The van der Waals surface area contributed by atoms with Gasteiger partial charge in [-0.15, -0.1) is 0 Å². The molecule has 0 bridgehead atoms. The summed E-state index contributed by atoms with van der Waals surface area (Å²) in [6.45, 7) is 2.64. The normalized spacial score (nSPS) is 13.9. The van der Waals surface area contributed by atoms with E-state index in [1.807, 2.05) is 17.0 Å². The minimum Gasteiger partial charge on any atom is -0.459 e. The molecule has 0 atom stereocenters. The van der Waals surface area contributed by atoms with Crippen molar-refractivity contribution < 1.29 is 14.0 Å². The van der Waals surface area contributed by atoms with Crippen molar-refractivity contribution >= 4 is 17.6 Å². The number of hydrogen-bond donors (Lipinski definition) is 1. The molecule has 0 saturated carbocycles. The van der Waals surface area contributed by atoms with Gasteiger partial charge in [0, 0.05) is 51.3 Å². The van der Waals surface area contributed by atoms with E-state index in [1.54, 1.807) is 47.8 Å². The number of nitrogens with one attached hydrogen (secondary N) is 1. The first-order valence-corrected chi connectivity index (χ1v) is 9.42. The van der Waals surface area contributed by atoms with Crippen molar-refractivity contribution in [1.29, 1.82) is 0 Å². The van der Waals surface area contributed by atoms with Crippen LogP contribution in [0.4, 0.5) is 5.82 Å². The number of amides is 2. The molecule has 3 aromatic heterocycles.